The molecule has 1 aliphatic heterocycles. The molecule has 1 saturated heterocycles. The van der Waals surface area contributed by atoms with Crippen LogP contribution in [0.4, 0.5) is 10.3 Å². The first-order valence-corrected chi connectivity index (χ1v) is 9.56. The number of benzene rings is 1. The van der Waals surface area contributed by atoms with E-state index in [1.807, 2.05) is 17.0 Å². The maximum Gasteiger partial charge on any atom is 0.255 e. The van der Waals surface area contributed by atoms with Gasteiger partial charge in [0.15, 0.2) is 5.78 Å². The van der Waals surface area contributed by atoms with E-state index in [0.717, 1.165) is 5.56 Å². The first kappa shape index (κ1) is 19.0. The third-order valence-electron chi connectivity index (χ3n) is 5.36. The lowest BCUT2D eigenvalue weighted by Gasteiger charge is -2.33. The van der Waals surface area contributed by atoms with Crippen molar-refractivity contribution in [3.05, 3.63) is 76.6 Å². The first-order valence-electron chi connectivity index (χ1n) is 9.56. The number of hydrogen-bond donors (Lipinski definition) is 0. The zero-order valence-corrected chi connectivity index (χ0v) is 16.1. The molecule has 0 atom stereocenters. The minimum Gasteiger partial charge on any atom is -0.342 e. The van der Waals surface area contributed by atoms with Crippen molar-refractivity contribution >= 4 is 11.7 Å². The second-order valence-corrected chi connectivity index (χ2v) is 7.21. The van der Waals surface area contributed by atoms with E-state index in [1.54, 1.807) is 19.4 Å². The molecule has 7 heteroatoms. The van der Waals surface area contributed by atoms with Crippen LogP contribution >= 0.6 is 0 Å². The average molecular weight is 392 g/mol. The SMILES string of the molecule is Cn1c(N2CCC(C(=O)c3ccc(F)cc3)CC2)nc(-c2ccncc2)cc1=O. The Morgan fingerprint density at radius 1 is 1.07 bits per heavy atom. The largest absolute Gasteiger partial charge is 0.342 e. The van der Waals surface area contributed by atoms with Crippen LogP contribution in [0.5, 0.6) is 0 Å². The lowest BCUT2D eigenvalue weighted by atomic mass is 9.89. The standard InChI is InChI=1S/C22H21FN4O2/c1-26-20(28)14-19(15-6-10-24-11-7-15)25-22(26)27-12-8-17(9-13-27)21(29)16-2-4-18(23)5-3-16/h2-7,10-11,14,17H,8-9,12-13H2,1H3. The average Bonchev–Trinajstić information content (AvgIpc) is 2.76. The van der Waals surface area contributed by atoms with E-state index in [9.17, 15) is 14.0 Å². The number of aromatic nitrogens is 3. The number of nitrogens with zero attached hydrogens (tertiary/aromatic N) is 4. The molecule has 2 aromatic heterocycles. The van der Waals surface area contributed by atoms with E-state index >= 15 is 0 Å². The fourth-order valence-electron chi connectivity index (χ4n) is 3.67. The summed E-state index contributed by atoms with van der Waals surface area (Å²) in [6.45, 7) is 1.25. The van der Waals surface area contributed by atoms with Gasteiger partial charge in [0.1, 0.15) is 5.82 Å². The molecular formula is C22H21FN4O2. The van der Waals surface area contributed by atoms with E-state index in [2.05, 4.69) is 4.98 Å². The lowest BCUT2D eigenvalue weighted by molar-refractivity contribution is 0.0900. The van der Waals surface area contributed by atoms with E-state index in [4.69, 9.17) is 4.98 Å². The molecule has 6 nitrogen and oxygen atoms in total. The monoisotopic (exact) mass is 392 g/mol. The molecule has 3 aromatic rings. The number of carbonyl (C=O) groups excluding carboxylic acids is 1. The van der Waals surface area contributed by atoms with Crippen molar-refractivity contribution in [1.82, 2.24) is 14.5 Å². The molecule has 1 aromatic carbocycles. The Balaban J connectivity index is 1.52. The van der Waals surface area contributed by atoms with E-state index in [0.29, 0.717) is 43.1 Å². The van der Waals surface area contributed by atoms with Crippen LogP contribution in [0.1, 0.15) is 23.2 Å². The number of Topliss-reactive ketones (excluding diaryl/α,β-unsaturated/α-hetero) is 1. The van der Waals surface area contributed by atoms with Gasteiger partial charge in [-0.05, 0) is 49.2 Å². The molecule has 4 rings (SSSR count). The van der Waals surface area contributed by atoms with Crippen molar-refractivity contribution in [2.45, 2.75) is 12.8 Å². The number of hydrogen-bond acceptors (Lipinski definition) is 5. The molecule has 0 aliphatic carbocycles. The second kappa shape index (κ2) is 7.95. The van der Waals surface area contributed by atoms with E-state index in [-0.39, 0.29) is 23.1 Å². The maximum absolute atomic E-state index is 13.1. The van der Waals surface area contributed by atoms with Crippen LogP contribution in [0.3, 0.4) is 0 Å². The molecule has 0 unspecified atom stereocenters. The Hall–Kier alpha value is -3.35. The molecular weight excluding hydrogens is 371 g/mol. The number of carbonyl (C=O) groups is 1. The fraction of sp³-hybridized carbons (Fsp3) is 0.273. The predicted octanol–water partition coefficient (Wildman–Crippen LogP) is 3.08. The van der Waals surface area contributed by atoms with Crippen molar-refractivity contribution < 1.29 is 9.18 Å². The smallest absolute Gasteiger partial charge is 0.255 e. The molecule has 0 spiro atoms. The van der Waals surface area contributed by atoms with Crippen molar-refractivity contribution in [3.63, 3.8) is 0 Å². The molecule has 3 heterocycles. The highest BCUT2D eigenvalue weighted by Gasteiger charge is 2.27. The number of rotatable bonds is 4. The Labute approximate surface area is 167 Å². The molecule has 0 bridgehead atoms. The van der Waals surface area contributed by atoms with Crippen molar-refractivity contribution in [2.24, 2.45) is 13.0 Å². The summed E-state index contributed by atoms with van der Waals surface area (Å²) in [5, 5.41) is 0. The Morgan fingerprint density at radius 2 is 1.72 bits per heavy atom. The quantitative estimate of drug-likeness (QED) is 0.639. The lowest BCUT2D eigenvalue weighted by Crippen LogP contribution is -2.39. The van der Waals surface area contributed by atoms with Crippen molar-refractivity contribution in [3.8, 4) is 11.3 Å². The molecule has 1 fully saturated rings. The van der Waals surface area contributed by atoms with E-state index in [1.165, 1.54) is 34.9 Å². The highest BCUT2D eigenvalue weighted by atomic mass is 19.1. The number of pyridine rings is 1. The van der Waals surface area contributed by atoms with Crippen LogP contribution in [0.25, 0.3) is 11.3 Å². The molecule has 0 saturated carbocycles. The van der Waals surface area contributed by atoms with Gasteiger partial charge in [-0.2, -0.15) is 0 Å². The van der Waals surface area contributed by atoms with Crippen LogP contribution in [-0.4, -0.2) is 33.4 Å². The Morgan fingerprint density at radius 3 is 2.38 bits per heavy atom. The summed E-state index contributed by atoms with van der Waals surface area (Å²) in [6.07, 6.45) is 4.65. The zero-order valence-electron chi connectivity index (χ0n) is 16.1. The molecule has 148 valence electrons. The van der Waals surface area contributed by atoms with Crippen molar-refractivity contribution in [2.75, 3.05) is 18.0 Å². The van der Waals surface area contributed by atoms with Crippen LogP contribution < -0.4 is 10.5 Å². The first-order chi connectivity index (χ1) is 14.0. The van der Waals surface area contributed by atoms with Gasteiger partial charge >= 0.3 is 0 Å². The fourth-order valence-corrected chi connectivity index (χ4v) is 3.67. The maximum atomic E-state index is 13.1. The minimum atomic E-state index is -0.350. The zero-order chi connectivity index (χ0) is 20.4. The van der Waals surface area contributed by atoms with Crippen LogP contribution in [0, 0.1) is 11.7 Å². The third kappa shape index (κ3) is 3.94. The third-order valence-corrected chi connectivity index (χ3v) is 5.36. The molecule has 1 aliphatic rings. The summed E-state index contributed by atoms with van der Waals surface area (Å²) in [7, 11) is 1.71. The summed E-state index contributed by atoms with van der Waals surface area (Å²) in [5.74, 6) is 0.170. The van der Waals surface area contributed by atoms with Gasteiger partial charge in [0.05, 0.1) is 5.69 Å². The number of piperidine rings is 1. The molecule has 0 amide bonds. The second-order valence-electron chi connectivity index (χ2n) is 7.21. The van der Waals surface area contributed by atoms with Gasteiger partial charge in [-0.25, -0.2) is 9.37 Å². The van der Waals surface area contributed by atoms with Crippen LogP contribution in [0.2, 0.25) is 0 Å². The summed E-state index contributed by atoms with van der Waals surface area (Å²) in [5.41, 5.74) is 1.84. The molecule has 0 radical (unpaired) electrons. The van der Waals surface area contributed by atoms with Crippen LogP contribution in [0.15, 0.2) is 59.7 Å². The van der Waals surface area contributed by atoms with Gasteiger partial charge in [0.2, 0.25) is 5.95 Å². The van der Waals surface area contributed by atoms with Gasteiger partial charge in [-0.1, -0.05) is 0 Å². The highest BCUT2D eigenvalue weighted by Crippen LogP contribution is 2.26. The number of ketones is 1. The number of halogens is 1. The molecule has 29 heavy (non-hydrogen) atoms. The Kier molecular flexibility index (Phi) is 5.20. The highest BCUT2D eigenvalue weighted by molar-refractivity contribution is 5.97. The predicted molar refractivity (Wildman–Crippen MR) is 108 cm³/mol. The van der Waals surface area contributed by atoms with Crippen LogP contribution in [-0.2, 0) is 7.05 Å². The van der Waals surface area contributed by atoms with Gasteiger partial charge in [-0.3, -0.25) is 19.1 Å². The summed E-state index contributed by atoms with van der Waals surface area (Å²) >= 11 is 0. The van der Waals surface area contributed by atoms with E-state index < -0.39 is 0 Å². The topological polar surface area (TPSA) is 68.1 Å². The van der Waals surface area contributed by atoms with Gasteiger partial charge < -0.3 is 4.90 Å². The molecule has 0 N–H and O–H groups in total. The Bertz CT molecular complexity index is 1070. The van der Waals surface area contributed by atoms with Crippen molar-refractivity contribution in [1.29, 1.82) is 0 Å². The minimum absolute atomic E-state index is 0.0389. The summed E-state index contributed by atoms with van der Waals surface area (Å²) in [4.78, 5) is 35.9. The summed E-state index contributed by atoms with van der Waals surface area (Å²) < 4.78 is 14.6. The number of anilines is 1. The van der Waals surface area contributed by atoms with Gasteiger partial charge in [0, 0.05) is 55.6 Å². The van der Waals surface area contributed by atoms with Gasteiger partial charge in [-0.15, -0.1) is 0 Å². The normalized spacial score (nSPS) is 14.8. The summed E-state index contributed by atoms with van der Waals surface area (Å²) in [6, 6.07) is 10.8. The van der Waals surface area contributed by atoms with Gasteiger partial charge in [0.25, 0.3) is 5.56 Å².